The van der Waals surface area contributed by atoms with Gasteiger partial charge in [0, 0.05) is 20.1 Å². The second-order valence-electron chi connectivity index (χ2n) is 8.89. The van der Waals surface area contributed by atoms with Gasteiger partial charge in [-0.1, -0.05) is 41.4 Å². The van der Waals surface area contributed by atoms with Gasteiger partial charge in [0.15, 0.2) is 0 Å². The number of aryl methyl sites for hydroxylation is 1. The Labute approximate surface area is 191 Å². The highest BCUT2D eigenvalue weighted by molar-refractivity contribution is 7.89. The molecular weight excluding hydrogens is 432 g/mol. The van der Waals surface area contributed by atoms with Crippen molar-refractivity contribution in [3.63, 3.8) is 0 Å². The lowest BCUT2D eigenvalue weighted by molar-refractivity contribution is 0.0575. The first-order chi connectivity index (χ1) is 14.8. The summed E-state index contributed by atoms with van der Waals surface area (Å²) in [6.45, 7) is 5.57. The molecule has 2 aromatic rings. The molecular formula is C24H31ClN2O3S. The van der Waals surface area contributed by atoms with Gasteiger partial charge >= 0.3 is 0 Å². The van der Waals surface area contributed by atoms with Crippen LogP contribution in [0, 0.1) is 12.8 Å². The Kier molecular flexibility index (Phi) is 6.92. The predicted molar refractivity (Wildman–Crippen MR) is 124 cm³/mol. The molecule has 0 aromatic heterocycles. The Hall–Kier alpha value is -1.60. The number of benzene rings is 2. The number of rotatable bonds is 8. The van der Waals surface area contributed by atoms with E-state index in [0.717, 1.165) is 49.4 Å². The second kappa shape index (κ2) is 9.49. The summed E-state index contributed by atoms with van der Waals surface area (Å²) in [5, 5.41) is 0.705. The topological polar surface area (TPSA) is 49.9 Å². The normalized spacial score (nSPS) is 21.9. The summed E-state index contributed by atoms with van der Waals surface area (Å²) in [7, 11) is -1.81. The van der Waals surface area contributed by atoms with Crippen molar-refractivity contribution in [3.8, 4) is 5.75 Å². The molecule has 1 heterocycles. The summed E-state index contributed by atoms with van der Waals surface area (Å²) in [4.78, 5) is 2.77. The van der Waals surface area contributed by atoms with Crippen molar-refractivity contribution in [2.75, 3.05) is 26.7 Å². The molecule has 0 atom stereocenters. The Balaban J connectivity index is 1.30. The van der Waals surface area contributed by atoms with Crippen molar-refractivity contribution in [1.82, 2.24) is 9.21 Å². The monoisotopic (exact) mass is 462 g/mol. The first-order valence-corrected chi connectivity index (χ1v) is 12.8. The number of hydrogen-bond donors (Lipinski definition) is 0. The standard InChI is InChI=1S/C24H31ClN2O3S/c1-18-8-10-22(11-9-18)31(28,29)26(2)16-19-14-21(15-19)30-23-7-5-6-20(24(23)25)17-27-12-3-4-13-27/h5-11,19,21H,3-4,12-17H2,1-2H3. The molecule has 0 bridgehead atoms. The van der Waals surface area contributed by atoms with Crippen LogP contribution in [0.5, 0.6) is 5.75 Å². The molecule has 1 aliphatic heterocycles. The van der Waals surface area contributed by atoms with Gasteiger partial charge in [0.05, 0.1) is 16.0 Å². The summed E-state index contributed by atoms with van der Waals surface area (Å²) in [5.74, 6) is 1.03. The fourth-order valence-electron chi connectivity index (χ4n) is 4.40. The molecule has 5 nitrogen and oxygen atoms in total. The number of likely N-dealkylation sites (tertiary alicyclic amines) is 1. The molecule has 2 aromatic carbocycles. The summed E-state index contributed by atoms with van der Waals surface area (Å²) in [6, 6.07) is 13.0. The molecule has 0 radical (unpaired) electrons. The third kappa shape index (κ3) is 5.25. The van der Waals surface area contributed by atoms with Crippen LogP contribution in [0.4, 0.5) is 0 Å². The minimum atomic E-state index is -3.46. The summed E-state index contributed by atoms with van der Waals surface area (Å²) in [6.07, 6.45) is 4.26. The quantitative estimate of drug-likeness (QED) is 0.569. The van der Waals surface area contributed by atoms with Crippen molar-refractivity contribution < 1.29 is 13.2 Å². The van der Waals surface area contributed by atoms with Crippen LogP contribution in [-0.4, -0.2) is 50.4 Å². The number of halogens is 1. The van der Waals surface area contributed by atoms with Crippen LogP contribution in [0.25, 0.3) is 0 Å². The minimum Gasteiger partial charge on any atom is -0.489 e. The second-order valence-corrected chi connectivity index (χ2v) is 11.3. The van der Waals surface area contributed by atoms with Crippen LogP contribution < -0.4 is 4.74 Å². The molecule has 0 spiro atoms. The molecule has 1 aliphatic carbocycles. The van der Waals surface area contributed by atoms with Crippen LogP contribution in [-0.2, 0) is 16.6 Å². The molecule has 2 aliphatic rings. The van der Waals surface area contributed by atoms with Crippen LogP contribution in [0.3, 0.4) is 0 Å². The number of ether oxygens (including phenoxy) is 1. The SMILES string of the molecule is Cc1ccc(S(=O)(=O)N(C)CC2CC(Oc3cccc(CN4CCCC4)c3Cl)C2)cc1. The van der Waals surface area contributed by atoms with Crippen LogP contribution in [0.15, 0.2) is 47.4 Å². The van der Waals surface area contributed by atoms with E-state index in [1.807, 2.05) is 31.2 Å². The first-order valence-electron chi connectivity index (χ1n) is 11.0. The highest BCUT2D eigenvalue weighted by Gasteiger charge is 2.34. The van der Waals surface area contributed by atoms with Gasteiger partial charge < -0.3 is 4.74 Å². The van der Waals surface area contributed by atoms with Gasteiger partial charge in [0.2, 0.25) is 10.0 Å². The Morgan fingerprint density at radius 2 is 1.77 bits per heavy atom. The maximum atomic E-state index is 12.8. The van der Waals surface area contributed by atoms with Crippen LogP contribution in [0.2, 0.25) is 5.02 Å². The summed E-state index contributed by atoms with van der Waals surface area (Å²) >= 11 is 6.63. The van der Waals surface area contributed by atoms with E-state index in [9.17, 15) is 8.42 Å². The van der Waals surface area contributed by atoms with Crippen molar-refractivity contribution in [1.29, 1.82) is 0 Å². The lowest BCUT2D eigenvalue weighted by atomic mass is 9.82. The summed E-state index contributed by atoms with van der Waals surface area (Å²) in [5.41, 5.74) is 2.16. The molecule has 7 heteroatoms. The number of hydrogen-bond acceptors (Lipinski definition) is 4. The van der Waals surface area contributed by atoms with Gasteiger partial charge in [0.1, 0.15) is 5.75 Å². The lowest BCUT2D eigenvalue weighted by Crippen LogP contribution is -2.41. The Bertz CT molecular complexity index is 998. The molecule has 168 valence electrons. The van der Waals surface area contributed by atoms with E-state index < -0.39 is 10.0 Å². The third-order valence-electron chi connectivity index (χ3n) is 6.37. The fourth-order valence-corrected chi connectivity index (χ4v) is 5.88. The predicted octanol–water partition coefficient (Wildman–Crippen LogP) is 4.72. The Morgan fingerprint density at radius 1 is 1.10 bits per heavy atom. The zero-order chi connectivity index (χ0) is 22.0. The average Bonchev–Trinajstić information content (AvgIpc) is 3.22. The van der Waals surface area contributed by atoms with E-state index in [1.54, 1.807) is 19.2 Å². The minimum absolute atomic E-state index is 0.0833. The molecule has 0 unspecified atom stereocenters. The van der Waals surface area contributed by atoms with E-state index in [-0.39, 0.29) is 6.10 Å². The lowest BCUT2D eigenvalue weighted by Gasteiger charge is -2.37. The van der Waals surface area contributed by atoms with Crippen molar-refractivity contribution in [3.05, 3.63) is 58.6 Å². The molecule has 1 saturated carbocycles. The van der Waals surface area contributed by atoms with Gasteiger partial charge in [-0.15, -0.1) is 0 Å². The molecule has 0 amide bonds. The Morgan fingerprint density at radius 3 is 2.45 bits per heavy atom. The fraction of sp³-hybridized carbons (Fsp3) is 0.500. The largest absolute Gasteiger partial charge is 0.489 e. The molecule has 0 N–H and O–H groups in total. The molecule has 1 saturated heterocycles. The van der Waals surface area contributed by atoms with Crippen LogP contribution in [0.1, 0.15) is 36.8 Å². The molecule has 4 rings (SSSR count). The smallest absolute Gasteiger partial charge is 0.242 e. The van der Waals surface area contributed by atoms with E-state index in [0.29, 0.717) is 22.4 Å². The number of sulfonamides is 1. The van der Waals surface area contributed by atoms with Gasteiger partial charge in [-0.3, -0.25) is 4.90 Å². The zero-order valence-electron chi connectivity index (χ0n) is 18.3. The first kappa shape index (κ1) is 22.6. The van der Waals surface area contributed by atoms with E-state index in [1.165, 1.54) is 17.1 Å². The maximum Gasteiger partial charge on any atom is 0.242 e. The molecule has 31 heavy (non-hydrogen) atoms. The van der Waals surface area contributed by atoms with Crippen molar-refractivity contribution >= 4 is 21.6 Å². The summed E-state index contributed by atoms with van der Waals surface area (Å²) < 4.78 is 33.2. The van der Waals surface area contributed by atoms with E-state index >= 15 is 0 Å². The zero-order valence-corrected chi connectivity index (χ0v) is 19.8. The van der Waals surface area contributed by atoms with E-state index in [4.69, 9.17) is 16.3 Å². The highest BCUT2D eigenvalue weighted by atomic mass is 35.5. The number of nitrogens with zero attached hydrogens (tertiary/aromatic N) is 2. The van der Waals surface area contributed by atoms with Gasteiger partial charge in [-0.25, -0.2) is 12.7 Å². The van der Waals surface area contributed by atoms with Crippen LogP contribution >= 0.6 is 11.6 Å². The van der Waals surface area contributed by atoms with E-state index in [2.05, 4.69) is 11.0 Å². The van der Waals surface area contributed by atoms with Gasteiger partial charge in [-0.2, -0.15) is 0 Å². The van der Waals surface area contributed by atoms with Crippen molar-refractivity contribution in [2.24, 2.45) is 5.92 Å². The highest BCUT2D eigenvalue weighted by Crippen LogP contribution is 2.37. The third-order valence-corrected chi connectivity index (χ3v) is 8.63. The maximum absolute atomic E-state index is 12.8. The molecule has 2 fully saturated rings. The average molecular weight is 463 g/mol. The van der Waals surface area contributed by atoms with Crippen molar-refractivity contribution in [2.45, 2.75) is 50.2 Å². The van der Waals surface area contributed by atoms with Gasteiger partial charge in [0.25, 0.3) is 0 Å². The van der Waals surface area contributed by atoms with Gasteiger partial charge in [-0.05, 0) is 75.4 Å².